The predicted molar refractivity (Wildman–Crippen MR) is 189 cm³/mol. The minimum absolute atomic E-state index is 0.0116. The monoisotopic (exact) mass is 772 g/mol. The number of ketones is 2. The summed E-state index contributed by atoms with van der Waals surface area (Å²) < 4.78 is 30.4. The Labute approximate surface area is 317 Å². The Bertz CT molecular complexity index is 2030. The first kappa shape index (κ1) is 41.0. The van der Waals surface area contributed by atoms with Gasteiger partial charge in [0, 0.05) is 14.1 Å². The molecule has 0 spiro atoms. The van der Waals surface area contributed by atoms with Crippen molar-refractivity contribution in [2.75, 3.05) is 27.3 Å². The van der Waals surface area contributed by atoms with Crippen molar-refractivity contribution in [3.63, 3.8) is 0 Å². The number of hydrogen-bond acceptors (Lipinski definition) is 16. The van der Waals surface area contributed by atoms with Gasteiger partial charge in [0.05, 0.1) is 35.5 Å². The van der Waals surface area contributed by atoms with E-state index in [0.29, 0.717) is 0 Å². The van der Waals surface area contributed by atoms with E-state index < -0.39 is 70.6 Å². The number of amides is 2. The van der Waals surface area contributed by atoms with Gasteiger partial charge in [-0.05, 0) is 62.4 Å². The van der Waals surface area contributed by atoms with Crippen molar-refractivity contribution < 1.29 is 76.6 Å². The highest BCUT2D eigenvalue weighted by Crippen LogP contribution is 2.33. The van der Waals surface area contributed by atoms with Crippen LogP contribution in [0.3, 0.4) is 0 Å². The standard InChI is InChI=1S/C38H32N2O16/c1-5-49-37(47)51-27-19-9-7-13-21(27)29(41)23-15-11-17-25(31(23)53-35(45)39-3)33(43)55-56-34(44)26-18-12-16-24(32(26)54-36(46)40-4)30(42)22-14-8-10-20-28(22)52-38(48)50-6-2/h7-20H,5-6H2,1-4H3,(H,39,45)(H,40,46). The number of ether oxygens (including phenoxy) is 6. The van der Waals surface area contributed by atoms with E-state index in [0.717, 1.165) is 12.1 Å². The van der Waals surface area contributed by atoms with E-state index in [9.17, 15) is 38.4 Å². The van der Waals surface area contributed by atoms with Gasteiger partial charge in [-0.3, -0.25) is 9.59 Å². The molecule has 0 aromatic heterocycles. The lowest BCUT2D eigenvalue weighted by Gasteiger charge is -2.15. The van der Waals surface area contributed by atoms with Crippen molar-refractivity contribution in [3.8, 4) is 23.0 Å². The molecule has 0 aliphatic carbocycles. The van der Waals surface area contributed by atoms with Crippen LogP contribution in [-0.4, -0.2) is 75.3 Å². The first-order valence-corrected chi connectivity index (χ1v) is 16.4. The number of nitrogens with one attached hydrogen (secondary N) is 2. The summed E-state index contributed by atoms with van der Waals surface area (Å²) in [4.78, 5) is 113. The summed E-state index contributed by atoms with van der Waals surface area (Å²) >= 11 is 0. The fourth-order valence-corrected chi connectivity index (χ4v) is 4.68. The van der Waals surface area contributed by atoms with Crippen LogP contribution in [0.5, 0.6) is 23.0 Å². The van der Waals surface area contributed by atoms with Crippen molar-refractivity contribution in [2.45, 2.75) is 13.8 Å². The highest BCUT2D eigenvalue weighted by Gasteiger charge is 2.30. The first-order chi connectivity index (χ1) is 26.9. The Morgan fingerprint density at radius 3 is 1.14 bits per heavy atom. The van der Waals surface area contributed by atoms with E-state index in [1.165, 1.54) is 86.9 Å². The molecule has 18 nitrogen and oxygen atoms in total. The Morgan fingerprint density at radius 1 is 0.446 bits per heavy atom. The third-order valence-corrected chi connectivity index (χ3v) is 7.12. The van der Waals surface area contributed by atoms with Crippen molar-refractivity contribution >= 4 is 48.0 Å². The van der Waals surface area contributed by atoms with Gasteiger partial charge in [0.25, 0.3) is 0 Å². The van der Waals surface area contributed by atoms with Gasteiger partial charge in [-0.15, -0.1) is 0 Å². The van der Waals surface area contributed by atoms with Crippen LogP contribution in [0.25, 0.3) is 0 Å². The van der Waals surface area contributed by atoms with Crippen LogP contribution in [0.15, 0.2) is 84.9 Å². The fraction of sp³-hybridized carbons (Fsp3) is 0.158. The predicted octanol–water partition coefficient (Wildman–Crippen LogP) is 5.58. The zero-order valence-electron chi connectivity index (χ0n) is 30.0. The summed E-state index contributed by atoms with van der Waals surface area (Å²) in [5, 5.41) is 4.36. The van der Waals surface area contributed by atoms with E-state index in [4.69, 9.17) is 38.2 Å². The molecule has 18 heteroatoms. The molecule has 0 unspecified atom stereocenters. The Balaban J connectivity index is 1.68. The molecule has 0 fully saturated rings. The van der Waals surface area contributed by atoms with Gasteiger partial charge >= 0.3 is 36.4 Å². The lowest BCUT2D eigenvalue weighted by atomic mass is 9.99. The highest BCUT2D eigenvalue weighted by molar-refractivity contribution is 6.15. The zero-order valence-corrected chi connectivity index (χ0v) is 30.0. The van der Waals surface area contributed by atoms with Gasteiger partial charge in [-0.1, -0.05) is 36.4 Å². The zero-order chi connectivity index (χ0) is 40.8. The summed E-state index contributed by atoms with van der Waals surface area (Å²) in [5.41, 5.74) is -2.30. The number of carbonyl (C=O) groups is 8. The number of hydrogen-bond donors (Lipinski definition) is 2. The van der Waals surface area contributed by atoms with E-state index in [2.05, 4.69) is 10.6 Å². The average molecular weight is 773 g/mol. The van der Waals surface area contributed by atoms with Crippen molar-refractivity contribution in [1.29, 1.82) is 0 Å². The van der Waals surface area contributed by atoms with Crippen LogP contribution in [0.1, 0.15) is 66.4 Å². The molecular weight excluding hydrogens is 740 g/mol. The van der Waals surface area contributed by atoms with Gasteiger partial charge in [0.1, 0.15) is 22.6 Å². The molecule has 290 valence electrons. The van der Waals surface area contributed by atoms with Gasteiger partial charge in [-0.2, -0.15) is 0 Å². The second-order valence-corrected chi connectivity index (χ2v) is 10.6. The van der Waals surface area contributed by atoms with E-state index in [1.807, 2.05) is 0 Å². The lowest BCUT2D eigenvalue weighted by Crippen LogP contribution is -2.25. The van der Waals surface area contributed by atoms with Crippen molar-refractivity contribution in [3.05, 3.63) is 118 Å². The van der Waals surface area contributed by atoms with Crippen LogP contribution < -0.4 is 29.6 Å². The summed E-state index contributed by atoms with van der Waals surface area (Å²) in [6, 6.07) is 18.1. The molecule has 0 aliphatic heterocycles. The van der Waals surface area contributed by atoms with Gasteiger partial charge < -0.3 is 39.1 Å². The SMILES string of the molecule is CCOC(=O)Oc1ccccc1C(=O)c1cccc(C(=O)OOC(=O)c2cccc(C(=O)c3ccccc3OC(=O)OCC)c2OC(=O)NC)c1OC(=O)NC. The lowest BCUT2D eigenvalue weighted by molar-refractivity contribution is -0.187. The first-order valence-electron chi connectivity index (χ1n) is 16.4. The molecule has 2 amide bonds. The minimum Gasteiger partial charge on any atom is -0.434 e. The molecule has 0 saturated heterocycles. The van der Waals surface area contributed by atoms with Crippen molar-refractivity contribution in [1.82, 2.24) is 10.6 Å². The summed E-state index contributed by atoms with van der Waals surface area (Å²) in [6.45, 7) is 3.07. The topological polar surface area (TPSA) is 234 Å². The van der Waals surface area contributed by atoms with Gasteiger partial charge in [0.2, 0.25) is 11.6 Å². The molecule has 4 aromatic rings. The number of para-hydroxylation sites is 4. The number of carbonyl (C=O) groups excluding carboxylic acids is 8. The van der Waals surface area contributed by atoms with Crippen LogP contribution >= 0.6 is 0 Å². The Morgan fingerprint density at radius 2 is 0.786 bits per heavy atom. The number of benzene rings is 4. The normalized spacial score (nSPS) is 10.1. The van der Waals surface area contributed by atoms with E-state index >= 15 is 0 Å². The molecule has 0 saturated carbocycles. The second-order valence-electron chi connectivity index (χ2n) is 10.6. The molecule has 2 N–H and O–H groups in total. The molecule has 4 rings (SSSR count). The largest absolute Gasteiger partial charge is 0.513 e. The molecule has 4 aromatic carbocycles. The number of rotatable bonds is 12. The van der Waals surface area contributed by atoms with Gasteiger partial charge in [0.15, 0.2) is 11.5 Å². The third kappa shape index (κ3) is 10.0. The Hall–Kier alpha value is -7.76. The highest BCUT2D eigenvalue weighted by atomic mass is 17.2. The molecular formula is C38H32N2O16. The van der Waals surface area contributed by atoms with Crippen molar-refractivity contribution in [2.24, 2.45) is 0 Å². The maximum Gasteiger partial charge on any atom is 0.513 e. The average Bonchev–Trinajstić information content (AvgIpc) is 3.19. The molecule has 0 atom stereocenters. The third-order valence-electron chi connectivity index (χ3n) is 7.12. The summed E-state index contributed by atoms with van der Waals surface area (Å²) in [6.07, 6.45) is -4.42. The Kier molecular flexibility index (Phi) is 14.2. The van der Waals surface area contributed by atoms with Crippen LogP contribution in [-0.2, 0) is 19.2 Å². The summed E-state index contributed by atoms with van der Waals surface area (Å²) in [5.74, 6) is -6.34. The smallest absolute Gasteiger partial charge is 0.434 e. The second kappa shape index (κ2) is 19.4. The van der Waals surface area contributed by atoms with Crippen LogP contribution in [0.4, 0.5) is 19.2 Å². The van der Waals surface area contributed by atoms with Crippen LogP contribution in [0, 0.1) is 0 Å². The molecule has 0 aliphatic rings. The maximum atomic E-state index is 13.8. The molecule has 0 radical (unpaired) electrons. The van der Waals surface area contributed by atoms with Gasteiger partial charge in [-0.25, -0.2) is 38.5 Å². The molecule has 0 heterocycles. The minimum atomic E-state index is -1.45. The van der Waals surface area contributed by atoms with E-state index in [-0.39, 0.29) is 47.0 Å². The summed E-state index contributed by atoms with van der Waals surface area (Å²) in [7, 11) is 2.41. The maximum absolute atomic E-state index is 13.8. The molecule has 0 bridgehead atoms. The van der Waals surface area contributed by atoms with E-state index in [1.54, 1.807) is 13.8 Å². The van der Waals surface area contributed by atoms with Crippen LogP contribution in [0.2, 0.25) is 0 Å². The molecule has 56 heavy (non-hydrogen) atoms. The fourth-order valence-electron chi connectivity index (χ4n) is 4.68. The quantitative estimate of drug-likeness (QED) is 0.0587.